The van der Waals surface area contributed by atoms with Gasteiger partial charge in [0.05, 0.1) is 0 Å². The molecule has 0 atom stereocenters. The van der Waals surface area contributed by atoms with Crippen LogP contribution in [0.1, 0.15) is 52.8 Å². The Morgan fingerprint density at radius 1 is 0.615 bits per heavy atom. The van der Waals surface area contributed by atoms with E-state index in [2.05, 4.69) is 81.4 Å². The monoisotopic (exact) mass is 362 g/mol. The molecule has 3 rings (SSSR count). The first-order chi connectivity index (χ1) is 12.6. The SMILES string of the molecule is CCc1ccc(Cc2ccc(Cc3ccc(CC)c(C)c3)c(Cl)c2)cc1. The maximum Gasteiger partial charge on any atom is 0.0444 e. The van der Waals surface area contributed by atoms with Crippen molar-refractivity contribution in [1.82, 2.24) is 0 Å². The molecular weight excluding hydrogens is 336 g/mol. The third-order valence-electron chi connectivity index (χ3n) is 5.14. The van der Waals surface area contributed by atoms with Gasteiger partial charge in [-0.3, -0.25) is 0 Å². The number of hydrogen-bond donors (Lipinski definition) is 0. The minimum Gasteiger partial charge on any atom is -0.0840 e. The first kappa shape index (κ1) is 18.7. The van der Waals surface area contributed by atoms with Crippen LogP contribution < -0.4 is 0 Å². The van der Waals surface area contributed by atoms with E-state index in [-0.39, 0.29) is 0 Å². The van der Waals surface area contributed by atoms with Gasteiger partial charge in [0.15, 0.2) is 0 Å². The van der Waals surface area contributed by atoms with Crippen molar-refractivity contribution in [3.05, 3.63) is 105 Å². The number of halogens is 1. The summed E-state index contributed by atoms with van der Waals surface area (Å²) >= 11 is 6.59. The third-order valence-corrected chi connectivity index (χ3v) is 5.49. The average molecular weight is 363 g/mol. The van der Waals surface area contributed by atoms with Crippen LogP contribution in [0.5, 0.6) is 0 Å². The summed E-state index contributed by atoms with van der Waals surface area (Å²) in [5.74, 6) is 0. The van der Waals surface area contributed by atoms with Crippen molar-refractivity contribution in [3.8, 4) is 0 Å². The minimum absolute atomic E-state index is 0.866. The van der Waals surface area contributed by atoms with Crippen LogP contribution in [0.3, 0.4) is 0 Å². The van der Waals surface area contributed by atoms with Crippen LogP contribution in [0, 0.1) is 6.92 Å². The molecule has 0 saturated heterocycles. The lowest BCUT2D eigenvalue weighted by atomic mass is 9.97. The summed E-state index contributed by atoms with van der Waals surface area (Å²) in [7, 11) is 0. The number of rotatable bonds is 6. The summed E-state index contributed by atoms with van der Waals surface area (Å²) in [6.07, 6.45) is 3.98. The van der Waals surface area contributed by atoms with Crippen molar-refractivity contribution in [2.75, 3.05) is 0 Å². The topological polar surface area (TPSA) is 0 Å². The van der Waals surface area contributed by atoms with Gasteiger partial charge in [-0.25, -0.2) is 0 Å². The van der Waals surface area contributed by atoms with Gasteiger partial charge in [0.2, 0.25) is 0 Å². The summed E-state index contributed by atoms with van der Waals surface area (Å²) in [5, 5.41) is 0.866. The molecule has 0 saturated carbocycles. The van der Waals surface area contributed by atoms with E-state index in [1.807, 2.05) is 0 Å². The zero-order chi connectivity index (χ0) is 18.5. The fraction of sp³-hybridized carbons (Fsp3) is 0.280. The second kappa shape index (κ2) is 8.56. The highest BCUT2D eigenvalue weighted by Gasteiger charge is 2.06. The molecule has 0 aliphatic rings. The van der Waals surface area contributed by atoms with Gasteiger partial charge in [0.25, 0.3) is 0 Å². The van der Waals surface area contributed by atoms with Crippen molar-refractivity contribution in [2.45, 2.75) is 46.5 Å². The van der Waals surface area contributed by atoms with Gasteiger partial charge in [-0.1, -0.05) is 80.0 Å². The van der Waals surface area contributed by atoms with E-state index in [0.717, 1.165) is 30.7 Å². The lowest BCUT2D eigenvalue weighted by molar-refractivity contribution is 1.08. The Balaban J connectivity index is 1.73. The van der Waals surface area contributed by atoms with E-state index in [1.54, 1.807) is 0 Å². The van der Waals surface area contributed by atoms with E-state index in [9.17, 15) is 0 Å². The molecule has 3 aromatic carbocycles. The molecule has 0 nitrogen and oxygen atoms in total. The van der Waals surface area contributed by atoms with Gasteiger partial charge < -0.3 is 0 Å². The van der Waals surface area contributed by atoms with E-state index in [4.69, 9.17) is 11.6 Å². The average Bonchev–Trinajstić information content (AvgIpc) is 2.65. The number of hydrogen-bond acceptors (Lipinski definition) is 0. The standard InChI is InChI=1S/C25H27Cl/c1-4-19-6-8-20(9-7-19)15-22-11-13-24(25(26)17-22)16-21-10-12-23(5-2)18(3)14-21/h6-14,17H,4-5,15-16H2,1-3H3. The van der Waals surface area contributed by atoms with Crippen LogP contribution in [0.15, 0.2) is 60.7 Å². The lowest BCUT2D eigenvalue weighted by Gasteiger charge is -2.10. The van der Waals surface area contributed by atoms with Crippen molar-refractivity contribution < 1.29 is 0 Å². The van der Waals surface area contributed by atoms with Gasteiger partial charge >= 0.3 is 0 Å². The van der Waals surface area contributed by atoms with E-state index >= 15 is 0 Å². The molecule has 0 heterocycles. The molecule has 0 aliphatic heterocycles. The van der Waals surface area contributed by atoms with Crippen molar-refractivity contribution in [3.63, 3.8) is 0 Å². The van der Waals surface area contributed by atoms with Gasteiger partial charge in [-0.15, -0.1) is 0 Å². The largest absolute Gasteiger partial charge is 0.0840 e. The van der Waals surface area contributed by atoms with Gasteiger partial charge in [-0.2, -0.15) is 0 Å². The maximum absolute atomic E-state index is 6.59. The van der Waals surface area contributed by atoms with E-state index < -0.39 is 0 Å². The molecule has 0 unspecified atom stereocenters. The fourth-order valence-electron chi connectivity index (χ4n) is 3.46. The second-order valence-electron chi connectivity index (χ2n) is 7.06. The molecular formula is C25H27Cl. The van der Waals surface area contributed by atoms with Crippen LogP contribution in [-0.2, 0) is 25.7 Å². The molecule has 0 bridgehead atoms. The van der Waals surface area contributed by atoms with Gasteiger partial charge in [0, 0.05) is 5.02 Å². The molecule has 0 radical (unpaired) electrons. The molecule has 0 N–H and O–H groups in total. The van der Waals surface area contributed by atoms with Crippen LogP contribution in [0.4, 0.5) is 0 Å². The smallest absolute Gasteiger partial charge is 0.0444 e. The maximum atomic E-state index is 6.59. The van der Waals surface area contributed by atoms with E-state index in [0.29, 0.717) is 0 Å². The zero-order valence-corrected chi connectivity index (χ0v) is 16.7. The van der Waals surface area contributed by atoms with Crippen LogP contribution in [0.2, 0.25) is 5.02 Å². The second-order valence-corrected chi connectivity index (χ2v) is 7.47. The first-order valence-corrected chi connectivity index (χ1v) is 9.90. The Labute approximate surface area is 162 Å². The Bertz CT molecular complexity index is 875. The predicted molar refractivity (Wildman–Crippen MR) is 113 cm³/mol. The summed E-state index contributed by atoms with van der Waals surface area (Å²) < 4.78 is 0. The molecule has 26 heavy (non-hydrogen) atoms. The highest BCUT2D eigenvalue weighted by molar-refractivity contribution is 6.31. The summed E-state index contributed by atoms with van der Waals surface area (Å²) in [6, 6.07) is 22.1. The van der Waals surface area contributed by atoms with Gasteiger partial charge in [-0.05, 0) is 77.6 Å². The molecule has 0 amide bonds. The number of benzene rings is 3. The molecule has 1 heteroatoms. The predicted octanol–water partition coefficient (Wildman–Crippen LogP) is 6.95. The highest BCUT2D eigenvalue weighted by Crippen LogP contribution is 2.24. The zero-order valence-electron chi connectivity index (χ0n) is 16.0. The van der Waals surface area contributed by atoms with Crippen molar-refractivity contribution in [2.24, 2.45) is 0 Å². The van der Waals surface area contributed by atoms with Crippen LogP contribution in [0.25, 0.3) is 0 Å². The Morgan fingerprint density at radius 2 is 1.19 bits per heavy atom. The molecule has 3 aromatic rings. The molecule has 134 valence electrons. The van der Waals surface area contributed by atoms with Crippen LogP contribution >= 0.6 is 11.6 Å². The van der Waals surface area contributed by atoms with Crippen molar-refractivity contribution >= 4 is 11.6 Å². The quantitative estimate of drug-likeness (QED) is 0.444. The summed E-state index contributed by atoms with van der Waals surface area (Å²) in [6.45, 7) is 6.58. The highest BCUT2D eigenvalue weighted by atomic mass is 35.5. The molecule has 0 aromatic heterocycles. The third kappa shape index (κ3) is 4.56. The molecule has 0 fully saturated rings. The fourth-order valence-corrected chi connectivity index (χ4v) is 3.73. The molecule has 0 spiro atoms. The Hall–Kier alpha value is -2.05. The normalized spacial score (nSPS) is 10.9. The van der Waals surface area contributed by atoms with E-state index in [1.165, 1.54) is 38.9 Å². The Morgan fingerprint density at radius 3 is 1.77 bits per heavy atom. The first-order valence-electron chi connectivity index (χ1n) is 9.52. The lowest BCUT2D eigenvalue weighted by Crippen LogP contribution is -1.95. The number of aryl methyl sites for hydroxylation is 3. The minimum atomic E-state index is 0.866. The summed E-state index contributed by atoms with van der Waals surface area (Å²) in [5.41, 5.74) is 9.28. The van der Waals surface area contributed by atoms with Crippen molar-refractivity contribution in [1.29, 1.82) is 0 Å². The summed E-state index contributed by atoms with van der Waals surface area (Å²) in [4.78, 5) is 0. The van der Waals surface area contributed by atoms with Gasteiger partial charge in [0.1, 0.15) is 0 Å². The van der Waals surface area contributed by atoms with Crippen LogP contribution in [-0.4, -0.2) is 0 Å². The molecule has 0 aliphatic carbocycles. The Kier molecular flexibility index (Phi) is 6.16.